The van der Waals surface area contributed by atoms with Gasteiger partial charge in [0.2, 0.25) is 5.91 Å². The molecule has 0 saturated carbocycles. The maximum atomic E-state index is 13.1. The standard InChI is InChI=1S/C15H22N2O2S/c16-11-15(5-8-19-9-6-15)14(18)17-7-1-3-12(17)13-4-2-10-20-13/h2,4,10,12H,1,3,5-9,11,16H2. The molecule has 2 saturated heterocycles. The van der Waals surface area contributed by atoms with Gasteiger partial charge in [0.05, 0.1) is 11.5 Å². The third-order valence-corrected chi connectivity index (χ3v) is 5.65. The lowest BCUT2D eigenvalue weighted by Crippen LogP contribution is -2.50. The molecular formula is C15H22N2O2S. The van der Waals surface area contributed by atoms with Crippen molar-refractivity contribution in [1.29, 1.82) is 0 Å². The van der Waals surface area contributed by atoms with E-state index in [9.17, 15) is 4.79 Å². The number of thiophene rings is 1. The van der Waals surface area contributed by atoms with Gasteiger partial charge < -0.3 is 15.4 Å². The van der Waals surface area contributed by atoms with E-state index in [1.54, 1.807) is 11.3 Å². The van der Waals surface area contributed by atoms with E-state index in [1.807, 2.05) is 0 Å². The molecule has 2 fully saturated rings. The predicted molar refractivity (Wildman–Crippen MR) is 79.5 cm³/mol. The second kappa shape index (κ2) is 5.84. The van der Waals surface area contributed by atoms with E-state index in [1.165, 1.54) is 4.88 Å². The van der Waals surface area contributed by atoms with E-state index in [0.29, 0.717) is 19.8 Å². The molecule has 1 amide bonds. The molecule has 1 atom stereocenters. The summed E-state index contributed by atoms with van der Waals surface area (Å²) in [4.78, 5) is 16.4. The van der Waals surface area contributed by atoms with Crippen LogP contribution >= 0.6 is 11.3 Å². The third kappa shape index (κ3) is 2.38. The van der Waals surface area contributed by atoms with Gasteiger partial charge in [0.1, 0.15) is 0 Å². The largest absolute Gasteiger partial charge is 0.381 e. The molecule has 2 aliphatic rings. The fraction of sp³-hybridized carbons (Fsp3) is 0.667. The Hall–Kier alpha value is -0.910. The van der Waals surface area contributed by atoms with E-state index >= 15 is 0 Å². The highest BCUT2D eigenvalue weighted by Gasteiger charge is 2.44. The first kappa shape index (κ1) is 14.0. The zero-order chi connectivity index (χ0) is 14.0. The average molecular weight is 294 g/mol. The SMILES string of the molecule is NCC1(C(=O)N2CCCC2c2cccs2)CCOCC1. The van der Waals surface area contributed by atoms with E-state index in [2.05, 4.69) is 22.4 Å². The minimum atomic E-state index is -0.391. The Kier molecular flexibility index (Phi) is 4.10. The third-order valence-electron chi connectivity index (χ3n) is 4.68. The van der Waals surface area contributed by atoms with Gasteiger partial charge in [0.25, 0.3) is 0 Å². The maximum absolute atomic E-state index is 13.1. The first-order valence-corrected chi connectivity index (χ1v) is 8.27. The highest BCUT2D eigenvalue weighted by molar-refractivity contribution is 7.10. The zero-order valence-corrected chi connectivity index (χ0v) is 12.5. The van der Waals surface area contributed by atoms with Crippen molar-refractivity contribution in [2.75, 3.05) is 26.3 Å². The molecule has 0 aromatic carbocycles. The highest BCUT2D eigenvalue weighted by Crippen LogP contribution is 2.40. The number of carbonyl (C=O) groups excluding carboxylic acids is 1. The highest BCUT2D eigenvalue weighted by atomic mass is 32.1. The number of amides is 1. The van der Waals surface area contributed by atoms with Crippen LogP contribution in [-0.4, -0.2) is 37.1 Å². The first-order valence-electron chi connectivity index (χ1n) is 7.39. The van der Waals surface area contributed by atoms with Crippen LogP contribution in [0.1, 0.15) is 36.6 Å². The van der Waals surface area contributed by atoms with Gasteiger partial charge in [0.15, 0.2) is 0 Å². The molecule has 1 aromatic rings. The molecular weight excluding hydrogens is 272 g/mol. The number of likely N-dealkylation sites (tertiary alicyclic amines) is 1. The minimum absolute atomic E-state index is 0.249. The summed E-state index contributed by atoms with van der Waals surface area (Å²) >= 11 is 1.74. The van der Waals surface area contributed by atoms with Gasteiger partial charge in [-0.1, -0.05) is 6.07 Å². The Morgan fingerprint density at radius 2 is 2.30 bits per heavy atom. The number of carbonyl (C=O) groups is 1. The van der Waals surface area contributed by atoms with Crippen molar-refractivity contribution in [3.05, 3.63) is 22.4 Å². The van der Waals surface area contributed by atoms with Crippen molar-refractivity contribution in [3.63, 3.8) is 0 Å². The summed E-state index contributed by atoms with van der Waals surface area (Å²) in [7, 11) is 0. The molecule has 3 heterocycles. The molecule has 20 heavy (non-hydrogen) atoms. The molecule has 2 N–H and O–H groups in total. The maximum Gasteiger partial charge on any atom is 0.230 e. The summed E-state index contributed by atoms with van der Waals surface area (Å²) in [5, 5.41) is 2.09. The Bertz CT molecular complexity index is 454. The number of hydrogen-bond acceptors (Lipinski definition) is 4. The molecule has 5 heteroatoms. The van der Waals surface area contributed by atoms with E-state index in [-0.39, 0.29) is 11.9 Å². The zero-order valence-electron chi connectivity index (χ0n) is 11.7. The lowest BCUT2D eigenvalue weighted by molar-refractivity contribution is -0.148. The van der Waals surface area contributed by atoms with Crippen molar-refractivity contribution in [2.24, 2.45) is 11.1 Å². The van der Waals surface area contributed by atoms with Crippen LogP contribution in [0.4, 0.5) is 0 Å². The lowest BCUT2D eigenvalue weighted by Gasteiger charge is -2.39. The van der Waals surface area contributed by atoms with Crippen LogP contribution in [0.3, 0.4) is 0 Å². The second-order valence-corrected chi connectivity index (χ2v) is 6.75. The quantitative estimate of drug-likeness (QED) is 0.929. The smallest absolute Gasteiger partial charge is 0.230 e. The summed E-state index contributed by atoms with van der Waals surface area (Å²) in [6.45, 7) is 2.60. The fourth-order valence-electron chi connectivity index (χ4n) is 3.36. The summed E-state index contributed by atoms with van der Waals surface area (Å²) in [5.41, 5.74) is 5.58. The Balaban J connectivity index is 1.81. The summed E-state index contributed by atoms with van der Waals surface area (Å²) in [6.07, 6.45) is 3.68. The van der Waals surface area contributed by atoms with Gasteiger partial charge >= 0.3 is 0 Å². The van der Waals surface area contributed by atoms with Gasteiger partial charge in [-0.3, -0.25) is 4.79 Å². The first-order chi connectivity index (χ1) is 9.77. The second-order valence-electron chi connectivity index (χ2n) is 5.77. The van der Waals surface area contributed by atoms with E-state index in [4.69, 9.17) is 10.5 Å². The van der Waals surface area contributed by atoms with Crippen LogP contribution in [0.15, 0.2) is 17.5 Å². The lowest BCUT2D eigenvalue weighted by atomic mass is 9.78. The monoisotopic (exact) mass is 294 g/mol. The minimum Gasteiger partial charge on any atom is -0.381 e. The van der Waals surface area contributed by atoms with E-state index < -0.39 is 5.41 Å². The van der Waals surface area contributed by atoms with Crippen LogP contribution in [0.25, 0.3) is 0 Å². The van der Waals surface area contributed by atoms with Gasteiger partial charge in [-0.25, -0.2) is 0 Å². The molecule has 0 aliphatic carbocycles. The summed E-state index contributed by atoms with van der Waals surface area (Å²) in [6, 6.07) is 4.46. The van der Waals surface area contributed by atoms with Gasteiger partial charge in [-0.05, 0) is 37.1 Å². The Morgan fingerprint density at radius 3 is 2.95 bits per heavy atom. The van der Waals surface area contributed by atoms with Crippen molar-refractivity contribution >= 4 is 17.2 Å². The molecule has 3 rings (SSSR count). The van der Waals surface area contributed by atoms with Crippen molar-refractivity contribution in [3.8, 4) is 0 Å². The fourth-order valence-corrected chi connectivity index (χ4v) is 4.23. The Morgan fingerprint density at radius 1 is 1.50 bits per heavy atom. The van der Waals surface area contributed by atoms with Crippen LogP contribution in [0, 0.1) is 5.41 Å². The van der Waals surface area contributed by atoms with Gasteiger partial charge in [-0.2, -0.15) is 0 Å². The van der Waals surface area contributed by atoms with E-state index in [0.717, 1.165) is 32.2 Å². The molecule has 4 nitrogen and oxygen atoms in total. The van der Waals surface area contributed by atoms with Crippen LogP contribution < -0.4 is 5.73 Å². The van der Waals surface area contributed by atoms with Crippen molar-refractivity contribution < 1.29 is 9.53 Å². The predicted octanol–water partition coefficient (Wildman–Crippen LogP) is 2.17. The molecule has 1 unspecified atom stereocenters. The Labute approximate surface area is 123 Å². The molecule has 0 spiro atoms. The topological polar surface area (TPSA) is 55.6 Å². The van der Waals surface area contributed by atoms with Crippen molar-refractivity contribution in [1.82, 2.24) is 4.90 Å². The summed E-state index contributed by atoms with van der Waals surface area (Å²) in [5.74, 6) is 0.249. The average Bonchev–Trinajstić information content (AvgIpc) is 3.17. The molecule has 0 bridgehead atoms. The van der Waals surface area contributed by atoms with Crippen LogP contribution in [0.5, 0.6) is 0 Å². The number of rotatable bonds is 3. The normalized spacial score (nSPS) is 25.9. The number of nitrogens with two attached hydrogens (primary N) is 1. The summed E-state index contributed by atoms with van der Waals surface area (Å²) < 4.78 is 5.41. The van der Waals surface area contributed by atoms with Crippen LogP contribution in [0.2, 0.25) is 0 Å². The molecule has 2 aliphatic heterocycles. The van der Waals surface area contributed by atoms with Gasteiger partial charge in [0, 0.05) is 31.2 Å². The molecule has 0 radical (unpaired) electrons. The number of nitrogens with zero attached hydrogens (tertiary/aromatic N) is 1. The number of ether oxygens (including phenoxy) is 1. The van der Waals surface area contributed by atoms with Crippen LogP contribution in [-0.2, 0) is 9.53 Å². The molecule has 110 valence electrons. The number of hydrogen-bond donors (Lipinski definition) is 1. The van der Waals surface area contributed by atoms with Gasteiger partial charge in [-0.15, -0.1) is 11.3 Å². The van der Waals surface area contributed by atoms with Crippen molar-refractivity contribution in [2.45, 2.75) is 31.7 Å². The molecule has 1 aromatic heterocycles.